The van der Waals surface area contributed by atoms with Gasteiger partial charge in [0.25, 0.3) is 5.91 Å². The van der Waals surface area contributed by atoms with Crippen LogP contribution in [0.25, 0.3) is 0 Å². The fourth-order valence-corrected chi connectivity index (χ4v) is 3.05. The van der Waals surface area contributed by atoms with Gasteiger partial charge in [-0.1, -0.05) is 6.07 Å². The van der Waals surface area contributed by atoms with Crippen LogP contribution in [0.3, 0.4) is 0 Å². The van der Waals surface area contributed by atoms with E-state index in [-0.39, 0.29) is 11.9 Å². The van der Waals surface area contributed by atoms with E-state index in [1.54, 1.807) is 0 Å². The van der Waals surface area contributed by atoms with Gasteiger partial charge in [-0.05, 0) is 72.9 Å². The van der Waals surface area contributed by atoms with Gasteiger partial charge < -0.3 is 10.6 Å². The van der Waals surface area contributed by atoms with Crippen LogP contribution in [0.4, 0.5) is 0 Å². The molecule has 1 aliphatic heterocycles. The fraction of sp³-hybridized carbons (Fsp3) is 0.533. The number of halogens is 1. The number of carbonyl (C=O) groups is 1. The molecule has 104 valence electrons. The van der Waals surface area contributed by atoms with E-state index in [1.807, 2.05) is 30.0 Å². The van der Waals surface area contributed by atoms with Gasteiger partial charge in [-0.3, -0.25) is 4.79 Å². The van der Waals surface area contributed by atoms with E-state index in [1.165, 1.54) is 5.56 Å². The second-order valence-corrected chi connectivity index (χ2v) is 6.64. The predicted octanol–water partition coefficient (Wildman–Crippen LogP) is 2.80. The average Bonchev–Trinajstić information content (AvgIpc) is 2.41. The third-order valence-electron chi connectivity index (χ3n) is 3.91. The normalized spacial score (nSPS) is 21.3. The van der Waals surface area contributed by atoms with E-state index >= 15 is 0 Å². The first-order chi connectivity index (χ1) is 8.99. The molecule has 1 heterocycles. The smallest absolute Gasteiger partial charge is 0.253 e. The molecule has 1 amide bonds. The first-order valence-electron chi connectivity index (χ1n) is 6.80. The lowest BCUT2D eigenvalue weighted by atomic mass is 9.92. The van der Waals surface area contributed by atoms with Crippen molar-refractivity contribution in [1.82, 2.24) is 4.90 Å². The standard InChI is InChI=1S/C15H21IN2O/c1-10-5-6-12(8-14(10)16)15(19)18-7-3-4-13(9-18)11(2)17/h5-6,8,11,13H,3-4,7,9,17H2,1-2H3. The Labute approximate surface area is 128 Å². The summed E-state index contributed by atoms with van der Waals surface area (Å²) in [5, 5.41) is 0. The van der Waals surface area contributed by atoms with Crippen LogP contribution in [0.2, 0.25) is 0 Å². The van der Waals surface area contributed by atoms with Crippen LogP contribution in [-0.2, 0) is 0 Å². The van der Waals surface area contributed by atoms with Crippen molar-refractivity contribution in [2.24, 2.45) is 11.7 Å². The monoisotopic (exact) mass is 372 g/mol. The molecule has 2 N–H and O–H groups in total. The lowest BCUT2D eigenvalue weighted by Gasteiger charge is -2.34. The third-order valence-corrected chi connectivity index (χ3v) is 5.07. The minimum atomic E-state index is 0.142. The molecule has 3 nitrogen and oxygen atoms in total. The number of aryl methyl sites for hydroxylation is 1. The molecule has 0 radical (unpaired) electrons. The number of benzene rings is 1. The van der Waals surface area contributed by atoms with Crippen LogP contribution < -0.4 is 5.73 Å². The summed E-state index contributed by atoms with van der Waals surface area (Å²) in [6.07, 6.45) is 2.19. The number of hydrogen-bond donors (Lipinski definition) is 1. The zero-order valence-corrected chi connectivity index (χ0v) is 13.7. The molecule has 1 aromatic carbocycles. The molecule has 0 aromatic heterocycles. The van der Waals surface area contributed by atoms with Gasteiger partial charge in [0.05, 0.1) is 0 Å². The van der Waals surface area contributed by atoms with Crippen molar-refractivity contribution in [3.05, 3.63) is 32.9 Å². The predicted molar refractivity (Wildman–Crippen MR) is 86.2 cm³/mol. The molecule has 1 aromatic rings. The van der Waals surface area contributed by atoms with Gasteiger partial charge in [-0.2, -0.15) is 0 Å². The summed E-state index contributed by atoms with van der Waals surface area (Å²) in [6, 6.07) is 6.08. The van der Waals surface area contributed by atoms with Crippen LogP contribution in [0.15, 0.2) is 18.2 Å². The van der Waals surface area contributed by atoms with Crippen LogP contribution in [-0.4, -0.2) is 29.9 Å². The zero-order chi connectivity index (χ0) is 14.0. The molecule has 1 aliphatic rings. The van der Waals surface area contributed by atoms with E-state index in [4.69, 9.17) is 5.73 Å². The maximum Gasteiger partial charge on any atom is 0.253 e. The molecule has 0 bridgehead atoms. The van der Waals surface area contributed by atoms with Crippen LogP contribution in [0.1, 0.15) is 35.7 Å². The molecular formula is C15H21IN2O. The van der Waals surface area contributed by atoms with Gasteiger partial charge in [0.2, 0.25) is 0 Å². The molecule has 0 saturated carbocycles. The zero-order valence-electron chi connectivity index (χ0n) is 11.5. The molecule has 2 atom stereocenters. The lowest BCUT2D eigenvalue weighted by molar-refractivity contribution is 0.0661. The summed E-state index contributed by atoms with van der Waals surface area (Å²) < 4.78 is 1.14. The number of hydrogen-bond acceptors (Lipinski definition) is 2. The number of carbonyl (C=O) groups excluding carboxylic acids is 1. The van der Waals surface area contributed by atoms with Gasteiger partial charge in [0.1, 0.15) is 0 Å². The van der Waals surface area contributed by atoms with Crippen LogP contribution in [0.5, 0.6) is 0 Å². The Morgan fingerprint density at radius 2 is 2.26 bits per heavy atom. The number of nitrogens with zero attached hydrogens (tertiary/aromatic N) is 1. The Hall–Kier alpha value is -0.620. The number of piperidine rings is 1. The number of amides is 1. The molecule has 0 spiro atoms. The van der Waals surface area contributed by atoms with Gasteiger partial charge >= 0.3 is 0 Å². The Bertz CT molecular complexity index is 473. The van der Waals surface area contributed by atoms with Crippen molar-refractivity contribution in [3.63, 3.8) is 0 Å². The van der Waals surface area contributed by atoms with Crippen molar-refractivity contribution in [2.45, 2.75) is 32.7 Å². The molecule has 1 saturated heterocycles. The molecule has 2 rings (SSSR count). The number of nitrogens with two attached hydrogens (primary N) is 1. The van der Waals surface area contributed by atoms with Crippen molar-refractivity contribution in [1.29, 1.82) is 0 Å². The summed E-state index contributed by atoms with van der Waals surface area (Å²) in [7, 11) is 0. The highest BCUT2D eigenvalue weighted by molar-refractivity contribution is 14.1. The van der Waals surface area contributed by atoms with E-state index in [2.05, 4.69) is 29.5 Å². The Balaban J connectivity index is 2.12. The van der Waals surface area contributed by atoms with E-state index in [9.17, 15) is 4.79 Å². The SMILES string of the molecule is Cc1ccc(C(=O)N2CCCC(C(C)N)C2)cc1I. The first-order valence-corrected chi connectivity index (χ1v) is 7.88. The maximum atomic E-state index is 12.5. The van der Waals surface area contributed by atoms with Crippen molar-refractivity contribution >= 4 is 28.5 Å². The summed E-state index contributed by atoms with van der Waals surface area (Å²) in [6.45, 7) is 5.74. The molecule has 4 heteroatoms. The summed E-state index contributed by atoms with van der Waals surface area (Å²) in [4.78, 5) is 14.5. The van der Waals surface area contributed by atoms with E-state index in [0.29, 0.717) is 5.92 Å². The molecular weight excluding hydrogens is 351 g/mol. The number of rotatable bonds is 2. The molecule has 1 fully saturated rings. The second-order valence-electron chi connectivity index (χ2n) is 5.48. The topological polar surface area (TPSA) is 46.3 Å². The highest BCUT2D eigenvalue weighted by Gasteiger charge is 2.26. The Morgan fingerprint density at radius 1 is 1.53 bits per heavy atom. The lowest BCUT2D eigenvalue weighted by Crippen LogP contribution is -2.45. The van der Waals surface area contributed by atoms with Crippen molar-refractivity contribution in [3.8, 4) is 0 Å². The van der Waals surface area contributed by atoms with E-state index < -0.39 is 0 Å². The largest absolute Gasteiger partial charge is 0.338 e. The molecule has 2 unspecified atom stereocenters. The highest BCUT2D eigenvalue weighted by atomic mass is 127. The minimum Gasteiger partial charge on any atom is -0.338 e. The van der Waals surface area contributed by atoms with Crippen molar-refractivity contribution in [2.75, 3.05) is 13.1 Å². The minimum absolute atomic E-state index is 0.142. The van der Waals surface area contributed by atoms with Gasteiger partial charge in [0.15, 0.2) is 0 Å². The highest BCUT2D eigenvalue weighted by Crippen LogP contribution is 2.21. The molecule has 19 heavy (non-hydrogen) atoms. The van der Waals surface area contributed by atoms with Crippen LogP contribution in [0, 0.1) is 16.4 Å². The van der Waals surface area contributed by atoms with Gasteiger partial charge in [-0.15, -0.1) is 0 Å². The Kier molecular flexibility index (Phi) is 4.84. The third kappa shape index (κ3) is 3.48. The van der Waals surface area contributed by atoms with Crippen LogP contribution >= 0.6 is 22.6 Å². The maximum absolute atomic E-state index is 12.5. The summed E-state index contributed by atoms with van der Waals surface area (Å²) in [5.41, 5.74) is 7.98. The fourth-order valence-electron chi connectivity index (χ4n) is 2.53. The first kappa shape index (κ1) is 14.8. The van der Waals surface area contributed by atoms with Gasteiger partial charge in [-0.25, -0.2) is 0 Å². The van der Waals surface area contributed by atoms with Crippen molar-refractivity contribution < 1.29 is 4.79 Å². The summed E-state index contributed by atoms with van der Waals surface area (Å²) in [5.74, 6) is 0.575. The second kappa shape index (κ2) is 6.22. The number of likely N-dealkylation sites (tertiary alicyclic amines) is 1. The molecule has 0 aliphatic carbocycles. The van der Waals surface area contributed by atoms with Gasteiger partial charge in [0, 0.05) is 28.3 Å². The summed E-state index contributed by atoms with van der Waals surface area (Å²) >= 11 is 2.28. The van der Waals surface area contributed by atoms with E-state index in [0.717, 1.165) is 35.1 Å². The Morgan fingerprint density at radius 3 is 2.89 bits per heavy atom. The average molecular weight is 372 g/mol. The quantitative estimate of drug-likeness (QED) is 0.812.